The minimum absolute atomic E-state index is 0.0813. The molecule has 0 N–H and O–H groups in total. The Balaban J connectivity index is 1.69. The molecule has 0 bridgehead atoms. The molecule has 0 radical (unpaired) electrons. The Bertz CT molecular complexity index is 1510. The molecule has 0 fully saturated rings. The van der Waals surface area contributed by atoms with Crippen molar-refractivity contribution in [2.75, 3.05) is 6.61 Å². The summed E-state index contributed by atoms with van der Waals surface area (Å²) >= 11 is 0. The molecule has 3 aromatic heterocycles. The number of nitro benzene ring substituents is 1. The SMILES string of the molecule is CCOc1ccc(-n2c(C)c3c(C)nn4cc(-c5ccc([N+](=O)[O-])cc5)cc4c3c2C)cc1. The third-order valence-corrected chi connectivity index (χ3v) is 6.14. The highest BCUT2D eigenvalue weighted by molar-refractivity contribution is 6.03. The number of benzene rings is 2. The summed E-state index contributed by atoms with van der Waals surface area (Å²) in [5, 5.41) is 18.1. The average molecular weight is 441 g/mol. The normalized spacial score (nSPS) is 11.4. The Morgan fingerprint density at radius 2 is 1.61 bits per heavy atom. The summed E-state index contributed by atoms with van der Waals surface area (Å²) in [6, 6.07) is 16.9. The van der Waals surface area contributed by atoms with Crippen molar-refractivity contribution in [1.29, 1.82) is 0 Å². The van der Waals surface area contributed by atoms with Crippen LogP contribution in [0.5, 0.6) is 5.75 Å². The first kappa shape index (κ1) is 20.8. The molecule has 5 rings (SSSR count). The van der Waals surface area contributed by atoms with Crippen LogP contribution in [-0.4, -0.2) is 25.7 Å². The van der Waals surface area contributed by atoms with Gasteiger partial charge in [0.25, 0.3) is 5.69 Å². The van der Waals surface area contributed by atoms with Crippen LogP contribution in [0, 0.1) is 30.9 Å². The van der Waals surface area contributed by atoms with Gasteiger partial charge in [-0.2, -0.15) is 5.10 Å². The molecular weight excluding hydrogens is 416 g/mol. The maximum absolute atomic E-state index is 11.0. The number of aromatic nitrogens is 3. The van der Waals surface area contributed by atoms with Crippen molar-refractivity contribution in [1.82, 2.24) is 14.2 Å². The largest absolute Gasteiger partial charge is 0.494 e. The van der Waals surface area contributed by atoms with Gasteiger partial charge in [0.05, 0.1) is 22.7 Å². The molecule has 0 aliphatic carbocycles. The maximum Gasteiger partial charge on any atom is 0.269 e. The average Bonchev–Trinajstić information content (AvgIpc) is 3.33. The topological polar surface area (TPSA) is 74.6 Å². The Labute approximate surface area is 191 Å². The quantitative estimate of drug-likeness (QED) is 0.242. The molecule has 166 valence electrons. The van der Waals surface area contributed by atoms with Crippen molar-refractivity contribution < 1.29 is 9.66 Å². The van der Waals surface area contributed by atoms with Gasteiger partial charge in [0, 0.05) is 51.7 Å². The van der Waals surface area contributed by atoms with Crippen LogP contribution < -0.4 is 4.74 Å². The zero-order valence-electron chi connectivity index (χ0n) is 19.0. The highest BCUT2D eigenvalue weighted by Gasteiger charge is 2.19. The minimum atomic E-state index is -0.385. The molecule has 0 saturated heterocycles. The summed E-state index contributed by atoms with van der Waals surface area (Å²) < 4.78 is 9.76. The zero-order chi connectivity index (χ0) is 23.3. The lowest BCUT2D eigenvalue weighted by Gasteiger charge is -2.10. The number of hydrogen-bond donors (Lipinski definition) is 0. The first-order valence-electron chi connectivity index (χ1n) is 10.9. The van der Waals surface area contributed by atoms with Gasteiger partial charge in [-0.1, -0.05) is 0 Å². The molecule has 2 aromatic carbocycles. The highest BCUT2D eigenvalue weighted by atomic mass is 16.6. The third-order valence-electron chi connectivity index (χ3n) is 6.14. The standard InChI is InChI=1S/C26H24N4O3/c1-5-33-23-12-10-21(11-13-23)29-17(3)25-16(2)27-28-15-20(14-24(28)26(25)18(29)4)19-6-8-22(9-7-19)30(31)32/h6-15H,5H2,1-4H3. The van der Waals surface area contributed by atoms with Crippen molar-refractivity contribution >= 4 is 22.0 Å². The molecule has 7 nitrogen and oxygen atoms in total. The van der Waals surface area contributed by atoms with Crippen molar-refractivity contribution in [2.45, 2.75) is 27.7 Å². The molecule has 7 heteroatoms. The third kappa shape index (κ3) is 3.33. The van der Waals surface area contributed by atoms with E-state index in [1.807, 2.05) is 36.7 Å². The maximum atomic E-state index is 11.0. The molecule has 0 spiro atoms. The molecular formula is C26H24N4O3. The van der Waals surface area contributed by atoms with E-state index in [4.69, 9.17) is 9.84 Å². The zero-order valence-corrected chi connectivity index (χ0v) is 19.0. The molecule has 0 unspecified atom stereocenters. The highest BCUT2D eigenvalue weighted by Crippen LogP contribution is 2.36. The Morgan fingerprint density at radius 3 is 2.24 bits per heavy atom. The number of non-ortho nitro benzene ring substituents is 1. The number of nitro groups is 1. The van der Waals surface area contributed by atoms with E-state index in [0.29, 0.717) is 6.61 Å². The number of aryl methyl sites for hydroxylation is 3. The van der Waals surface area contributed by atoms with Gasteiger partial charge in [-0.15, -0.1) is 0 Å². The molecule has 0 aliphatic rings. The van der Waals surface area contributed by atoms with E-state index >= 15 is 0 Å². The molecule has 0 saturated carbocycles. The van der Waals surface area contributed by atoms with Crippen LogP contribution in [0.1, 0.15) is 24.0 Å². The Kier molecular flexibility index (Phi) is 4.89. The summed E-state index contributed by atoms with van der Waals surface area (Å²) in [7, 11) is 0. The predicted octanol–water partition coefficient (Wildman–Crippen LogP) is 6.18. The number of hydrogen-bond acceptors (Lipinski definition) is 4. The molecule has 3 heterocycles. The van der Waals surface area contributed by atoms with Gasteiger partial charge in [-0.05, 0) is 75.7 Å². The fourth-order valence-corrected chi connectivity index (χ4v) is 4.70. The van der Waals surface area contributed by atoms with Gasteiger partial charge in [0.15, 0.2) is 0 Å². The van der Waals surface area contributed by atoms with E-state index in [1.54, 1.807) is 12.1 Å². The summed E-state index contributed by atoms with van der Waals surface area (Å²) in [5.41, 5.74) is 7.27. The second-order valence-electron chi connectivity index (χ2n) is 8.13. The van der Waals surface area contributed by atoms with E-state index in [9.17, 15) is 10.1 Å². The van der Waals surface area contributed by atoms with Crippen LogP contribution in [0.3, 0.4) is 0 Å². The van der Waals surface area contributed by atoms with Gasteiger partial charge in [0.1, 0.15) is 5.75 Å². The molecule has 0 aliphatic heterocycles. The first-order chi connectivity index (χ1) is 15.9. The molecule has 33 heavy (non-hydrogen) atoms. The summed E-state index contributed by atoms with van der Waals surface area (Å²) in [6.45, 7) is 8.90. The van der Waals surface area contributed by atoms with Crippen molar-refractivity contribution in [3.8, 4) is 22.6 Å². The van der Waals surface area contributed by atoms with Gasteiger partial charge in [-0.3, -0.25) is 10.1 Å². The fraction of sp³-hybridized carbons (Fsp3) is 0.192. The number of ether oxygens (including phenoxy) is 1. The van der Waals surface area contributed by atoms with E-state index in [1.165, 1.54) is 12.1 Å². The Morgan fingerprint density at radius 1 is 0.939 bits per heavy atom. The monoisotopic (exact) mass is 440 g/mol. The van der Waals surface area contributed by atoms with Crippen LogP contribution >= 0.6 is 0 Å². The lowest BCUT2D eigenvalue weighted by Crippen LogP contribution is -1.99. The minimum Gasteiger partial charge on any atom is -0.494 e. The summed E-state index contributed by atoms with van der Waals surface area (Å²) in [5.74, 6) is 0.854. The number of fused-ring (bicyclic) bond motifs is 3. The number of nitrogens with zero attached hydrogens (tertiary/aromatic N) is 4. The Hall–Kier alpha value is -4.13. The smallest absolute Gasteiger partial charge is 0.269 e. The van der Waals surface area contributed by atoms with E-state index < -0.39 is 0 Å². The first-order valence-corrected chi connectivity index (χ1v) is 10.9. The van der Waals surface area contributed by atoms with Crippen LogP contribution in [0.4, 0.5) is 5.69 Å². The molecule has 5 aromatic rings. The molecule has 0 atom stereocenters. The van der Waals surface area contributed by atoms with Crippen LogP contribution in [-0.2, 0) is 0 Å². The van der Waals surface area contributed by atoms with Gasteiger partial charge in [-0.25, -0.2) is 4.52 Å². The molecule has 0 amide bonds. The van der Waals surface area contributed by atoms with Crippen molar-refractivity contribution in [3.63, 3.8) is 0 Å². The van der Waals surface area contributed by atoms with Gasteiger partial charge in [0.2, 0.25) is 0 Å². The lowest BCUT2D eigenvalue weighted by atomic mass is 10.1. The van der Waals surface area contributed by atoms with E-state index in [0.717, 1.165) is 55.9 Å². The summed E-state index contributed by atoms with van der Waals surface area (Å²) in [4.78, 5) is 10.6. The van der Waals surface area contributed by atoms with E-state index in [2.05, 4.69) is 36.6 Å². The fourth-order valence-electron chi connectivity index (χ4n) is 4.70. The predicted molar refractivity (Wildman–Crippen MR) is 129 cm³/mol. The summed E-state index contributed by atoms with van der Waals surface area (Å²) in [6.07, 6.45) is 1.98. The van der Waals surface area contributed by atoms with Gasteiger partial charge >= 0.3 is 0 Å². The number of rotatable bonds is 5. The second-order valence-corrected chi connectivity index (χ2v) is 8.13. The van der Waals surface area contributed by atoms with Crippen LogP contribution in [0.2, 0.25) is 0 Å². The second kappa shape index (κ2) is 7.78. The van der Waals surface area contributed by atoms with Crippen molar-refractivity contribution in [3.05, 3.63) is 88.0 Å². The van der Waals surface area contributed by atoms with Gasteiger partial charge < -0.3 is 9.30 Å². The lowest BCUT2D eigenvalue weighted by molar-refractivity contribution is -0.384. The van der Waals surface area contributed by atoms with Crippen LogP contribution in [0.15, 0.2) is 60.8 Å². The van der Waals surface area contributed by atoms with Crippen LogP contribution in [0.25, 0.3) is 33.1 Å². The van der Waals surface area contributed by atoms with E-state index in [-0.39, 0.29) is 10.6 Å². The van der Waals surface area contributed by atoms with Crippen molar-refractivity contribution in [2.24, 2.45) is 0 Å².